The molecule has 3 aromatic rings. The van der Waals surface area contributed by atoms with E-state index in [1.807, 2.05) is 31.2 Å². The number of pyridine rings is 1. The number of carbonyl (C=O) groups excluding carboxylic acids is 1. The number of amides is 1. The van der Waals surface area contributed by atoms with Gasteiger partial charge in [0.25, 0.3) is 5.91 Å². The Hall–Kier alpha value is -2.73. The fraction of sp³-hybridized carbons (Fsp3) is 0.280. The number of halogens is 1. The average molecular weight is 437 g/mol. The molecule has 31 heavy (non-hydrogen) atoms. The van der Waals surface area contributed by atoms with Crippen molar-refractivity contribution in [2.24, 2.45) is 17.4 Å². The number of nitrogens with two attached hydrogens (primary N) is 2. The molecule has 5 N–H and O–H groups in total. The number of aryl methyl sites for hydroxylation is 1. The van der Waals surface area contributed by atoms with Gasteiger partial charge in [0.2, 0.25) is 0 Å². The van der Waals surface area contributed by atoms with Gasteiger partial charge in [-0.15, -0.1) is 0 Å². The van der Waals surface area contributed by atoms with Crippen molar-refractivity contribution in [2.75, 3.05) is 5.32 Å². The number of anilines is 1. The van der Waals surface area contributed by atoms with Gasteiger partial charge in [-0.25, -0.2) is 0 Å². The molecule has 0 saturated heterocycles. The number of hydrogen-bond acceptors (Lipinski definition) is 4. The first-order chi connectivity index (χ1) is 14.8. The highest BCUT2D eigenvalue weighted by Gasteiger charge is 2.21. The molecule has 0 aliphatic carbocycles. The van der Waals surface area contributed by atoms with Crippen LogP contribution in [0.2, 0.25) is 5.02 Å². The molecule has 162 valence electrons. The van der Waals surface area contributed by atoms with E-state index < -0.39 is 0 Å². The van der Waals surface area contributed by atoms with E-state index in [-0.39, 0.29) is 5.91 Å². The smallest absolute Gasteiger partial charge is 0.255 e. The lowest BCUT2D eigenvalue weighted by molar-refractivity contribution is 0.102. The highest BCUT2D eigenvalue weighted by molar-refractivity contribution is 6.30. The van der Waals surface area contributed by atoms with Crippen LogP contribution in [0.3, 0.4) is 0 Å². The van der Waals surface area contributed by atoms with Gasteiger partial charge in [0, 0.05) is 34.9 Å². The zero-order chi connectivity index (χ0) is 22.5. The second-order valence-electron chi connectivity index (χ2n) is 8.04. The van der Waals surface area contributed by atoms with E-state index in [2.05, 4.69) is 19.2 Å². The highest BCUT2D eigenvalue weighted by atomic mass is 35.5. The van der Waals surface area contributed by atoms with Crippen LogP contribution in [0.1, 0.15) is 46.7 Å². The second kappa shape index (κ2) is 10.1. The largest absolute Gasteiger partial charge is 0.326 e. The lowest BCUT2D eigenvalue weighted by atomic mass is 9.92. The maximum absolute atomic E-state index is 13.0. The van der Waals surface area contributed by atoms with Crippen LogP contribution in [0.15, 0.2) is 48.5 Å². The third-order valence-corrected chi connectivity index (χ3v) is 5.45. The molecule has 1 amide bonds. The van der Waals surface area contributed by atoms with Crippen molar-refractivity contribution in [3.05, 3.63) is 81.6 Å². The molecule has 0 radical (unpaired) electrons. The lowest BCUT2D eigenvalue weighted by Crippen LogP contribution is -2.18. The maximum Gasteiger partial charge on any atom is 0.255 e. The number of aromatic nitrogens is 1. The summed E-state index contributed by atoms with van der Waals surface area (Å²) < 4.78 is 0. The number of nitrogens with zero attached hydrogens (tertiary/aromatic N) is 1. The van der Waals surface area contributed by atoms with E-state index in [1.54, 1.807) is 24.3 Å². The van der Waals surface area contributed by atoms with Crippen LogP contribution in [0.5, 0.6) is 0 Å². The number of carbonyl (C=O) groups is 1. The van der Waals surface area contributed by atoms with E-state index in [9.17, 15) is 4.79 Å². The molecule has 0 aliphatic heterocycles. The summed E-state index contributed by atoms with van der Waals surface area (Å²) in [5, 5.41) is 3.65. The Morgan fingerprint density at radius 3 is 2.23 bits per heavy atom. The van der Waals surface area contributed by atoms with Gasteiger partial charge in [-0.2, -0.15) is 0 Å². The van der Waals surface area contributed by atoms with Gasteiger partial charge in [0.1, 0.15) is 0 Å². The van der Waals surface area contributed by atoms with Crippen LogP contribution < -0.4 is 16.8 Å². The molecule has 0 bridgehead atoms. The maximum atomic E-state index is 13.0. The van der Waals surface area contributed by atoms with Crippen molar-refractivity contribution >= 4 is 23.2 Å². The molecule has 3 rings (SSSR count). The van der Waals surface area contributed by atoms with Crippen molar-refractivity contribution in [3.63, 3.8) is 0 Å². The van der Waals surface area contributed by atoms with Gasteiger partial charge in [-0.3, -0.25) is 9.78 Å². The molecule has 0 fully saturated rings. The normalized spacial score (nSPS) is 11.1. The van der Waals surface area contributed by atoms with Gasteiger partial charge in [-0.05, 0) is 60.2 Å². The van der Waals surface area contributed by atoms with Crippen LogP contribution in [0.4, 0.5) is 5.69 Å². The number of rotatable bonds is 7. The zero-order valence-corrected chi connectivity index (χ0v) is 19.0. The summed E-state index contributed by atoms with van der Waals surface area (Å²) >= 11 is 5.97. The fourth-order valence-electron chi connectivity index (χ4n) is 3.64. The van der Waals surface area contributed by atoms with Gasteiger partial charge in [0.05, 0.1) is 11.4 Å². The molecular formula is C25H29ClN4O. The van der Waals surface area contributed by atoms with Gasteiger partial charge in [-0.1, -0.05) is 49.7 Å². The van der Waals surface area contributed by atoms with E-state index in [4.69, 9.17) is 28.1 Å². The second-order valence-corrected chi connectivity index (χ2v) is 8.47. The summed E-state index contributed by atoms with van der Waals surface area (Å²) in [6.45, 7) is 7.02. The monoisotopic (exact) mass is 436 g/mol. The molecule has 0 atom stereocenters. The Labute approximate surface area is 188 Å². The minimum absolute atomic E-state index is 0.221. The Bertz CT molecular complexity index is 1060. The minimum Gasteiger partial charge on any atom is -0.326 e. The summed E-state index contributed by atoms with van der Waals surface area (Å²) in [5.74, 6) is 0.208. The summed E-state index contributed by atoms with van der Waals surface area (Å²) in [5.41, 5.74) is 18.8. The predicted molar refractivity (Wildman–Crippen MR) is 128 cm³/mol. The Kier molecular flexibility index (Phi) is 7.44. The van der Waals surface area contributed by atoms with Crippen molar-refractivity contribution in [1.29, 1.82) is 0 Å². The van der Waals surface area contributed by atoms with Crippen molar-refractivity contribution in [1.82, 2.24) is 4.98 Å². The first kappa shape index (κ1) is 22.9. The average Bonchev–Trinajstić information content (AvgIpc) is 2.75. The van der Waals surface area contributed by atoms with Crippen molar-refractivity contribution in [2.45, 2.75) is 40.3 Å². The molecule has 2 aromatic carbocycles. The van der Waals surface area contributed by atoms with Crippen LogP contribution in [-0.4, -0.2) is 10.9 Å². The third-order valence-electron chi connectivity index (χ3n) is 5.19. The molecule has 0 saturated carbocycles. The summed E-state index contributed by atoms with van der Waals surface area (Å²) in [6, 6.07) is 14.8. The molecule has 0 unspecified atom stereocenters. The topological polar surface area (TPSA) is 94.0 Å². The van der Waals surface area contributed by atoms with Crippen LogP contribution >= 0.6 is 11.6 Å². The lowest BCUT2D eigenvalue weighted by Gasteiger charge is -2.21. The molecule has 0 spiro atoms. The number of benzene rings is 2. The van der Waals surface area contributed by atoms with Crippen LogP contribution in [0, 0.1) is 12.8 Å². The van der Waals surface area contributed by atoms with Crippen molar-refractivity contribution in [3.8, 4) is 11.1 Å². The van der Waals surface area contributed by atoms with E-state index >= 15 is 0 Å². The SMILES string of the molecule is Cc1nc(CC(C)C)c(CN)c(-c2ccc(CN)cc2)c1NC(=O)c1ccc(Cl)cc1. The molecule has 1 heterocycles. The number of hydrogen-bond donors (Lipinski definition) is 3. The molecule has 1 aromatic heterocycles. The Morgan fingerprint density at radius 1 is 1.03 bits per heavy atom. The van der Waals surface area contributed by atoms with Gasteiger partial charge in [0.15, 0.2) is 0 Å². The molecule has 5 nitrogen and oxygen atoms in total. The summed E-state index contributed by atoms with van der Waals surface area (Å²) in [6.07, 6.45) is 0.812. The van der Waals surface area contributed by atoms with E-state index in [0.717, 1.165) is 40.1 Å². The molecular weight excluding hydrogens is 408 g/mol. The van der Waals surface area contributed by atoms with E-state index in [1.165, 1.54) is 0 Å². The Balaban J connectivity index is 2.15. The number of nitrogens with one attached hydrogen (secondary N) is 1. The first-order valence-corrected chi connectivity index (χ1v) is 10.8. The summed E-state index contributed by atoms with van der Waals surface area (Å²) in [7, 11) is 0. The first-order valence-electron chi connectivity index (χ1n) is 10.4. The van der Waals surface area contributed by atoms with Gasteiger partial charge >= 0.3 is 0 Å². The predicted octanol–water partition coefficient (Wildman–Crippen LogP) is 5.08. The highest BCUT2D eigenvalue weighted by Crippen LogP contribution is 2.36. The molecule has 0 aliphatic rings. The quantitative estimate of drug-likeness (QED) is 0.481. The fourth-order valence-corrected chi connectivity index (χ4v) is 3.77. The standard InChI is InChI=1S/C25H29ClN4O/c1-15(2)12-22-21(14-28)23(18-6-4-17(13-27)5-7-18)24(16(3)29-22)30-25(31)19-8-10-20(26)11-9-19/h4-11,15H,12-14,27-28H2,1-3H3,(H,30,31). The van der Waals surface area contributed by atoms with Crippen LogP contribution in [0.25, 0.3) is 11.1 Å². The Morgan fingerprint density at radius 2 is 1.68 bits per heavy atom. The van der Waals surface area contributed by atoms with E-state index in [0.29, 0.717) is 35.3 Å². The zero-order valence-electron chi connectivity index (χ0n) is 18.2. The third kappa shape index (κ3) is 5.31. The summed E-state index contributed by atoms with van der Waals surface area (Å²) in [4.78, 5) is 17.8. The van der Waals surface area contributed by atoms with Crippen LogP contribution in [-0.2, 0) is 19.5 Å². The minimum atomic E-state index is -0.221. The van der Waals surface area contributed by atoms with Crippen molar-refractivity contribution < 1.29 is 4.79 Å². The molecule has 6 heteroatoms. The van der Waals surface area contributed by atoms with Gasteiger partial charge < -0.3 is 16.8 Å².